The molecule has 1 aliphatic rings. The quantitative estimate of drug-likeness (QED) is 0.811. The first-order valence-electron chi connectivity index (χ1n) is 6.85. The third kappa shape index (κ3) is 3.09. The largest absolute Gasteiger partial charge is 0.322 e. The summed E-state index contributed by atoms with van der Waals surface area (Å²) in [5.41, 5.74) is 7.38. The van der Waals surface area contributed by atoms with Gasteiger partial charge in [-0.25, -0.2) is 15.2 Å². The molecule has 3 N–H and O–H groups in total. The smallest absolute Gasteiger partial charge is 0.243 e. The minimum atomic E-state index is -0.434. The van der Waals surface area contributed by atoms with Crippen LogP contribution in [0.2, 0.25) is 0 Å². The molecule has 2 atom stereocenters. The van der Waals surface area contributed by atoms with Crippen molar-refractivity contribution in [1.82, 2.24) is 10.9 Å². The number of para-hydroxylation sites is 1. The third-order valence-electron chi connectivity index (χ3n) is 3.55. The Morgan fingerprint density at radius 1 is 1.05 bits per heavy atom. The van der Waals surface area contributed by atoms with E-state index in [1.807, 2.05) is 30.3 Å². The van der Waals surface area contributed by atoms with Gasteiger partial charge in [0.1, 0.15) is 11.9 Å². The van der Waals surface area contributed by atoms with Crippen molar-refractivity contribution in [3.8, 4) is 0 Å². The second-order valence-electron chi connectivity index (χ2n) is 5.01. The zero-order valence-corrected chi connectivity index (χ0v) is 11.3. The van der Waals surface area contributed by atoms with Crippen LogP contribution in [0.1, 0.15) is 18.0 Å². The Morgan fingerprint density at radius 3 is 2.52 bits per heavy atom. The molecule has 0 saturated carbocycles. The second kappa shape index (κ2) is 6.03. The molecule has 1 saturated heterocycles. The average Bonchev–Trinajstić information content (AvgIpc) is 3.00. The molecule has 1 amide bonds. The van der Waals surface area contributed by atoms with Gasteiger partial charge in [0, 0.05) is 6.04 Å². The molecular formula is C16H16FN3O. The normalized spacial score (nSPS) is 21.2. The molecule has 0 spiro atoms. The van der Waals surface area contributed by atoms with Crippen LogP contribution in [0.4, 0.5) is 10.1 Å². The Morgan fingerprint density at radius 2 is 1.76 bits per heavy atom. The zero-order chi connectivity index (χ0) is 14.7. The van der Waals surface area contributed by atoms with Gasteiger partial charge >= 0.3 is 0 Å². The van der Waals surface area contributed by atoms with E-state index in [1.165, 1.54) is 6.07 Å². The molecule has 3 rings (SSSR count). The fraction of sp³-hybridized carbons (Fsp3) is 0.188. The zero-order valence-electron chi connectivity index (χ0n) is 11.3. The molecule has 21 heavy (non-hydrogen) atoms. The number of rotatable bonds is 3. The van der Waals surface area contributed by atoms with Crippen molar-refractivity contribution in [2.24, 2.45) is 0 Å². The standard InChI is InChI=1S/C16H16FN3O/c17-12-8-4-5-9-13(12)18-16(21)15-10-14(19-20-15)11-6-2-1-3-7-11/h1-9,14-15,19-20H,10H2,(H,18,21). The summed E-state index contributed by atoms with van der Waals surface area (Å²) in [6.45, 7) is 0. The maximum atomic E-state index is 13.5. The second-order valence-corrected chi connectivity index (χ2v) is 5.01. The first-order chi connectivity index (χ1) is 10.2. The number of hydrogen-bond donors (Lipinski definition) is 3. The van der Waals surface area contributed by atoms with Crippen molar-refractivity contribution >= 4 is 11.6 Å². The lowest BCUT2D eigenvalue weighted by atomic mass is 10.0. The molecule has 0 bridgehead atoms. The Balaban J connectivity index is 1.64. The lowest BCUT2D eigenvalue weighted by Crippen LogP contribution is -2.39. The number of hydrazine groups is 1. The SMILES string of the molecule is O=C(Nc1ccccc1F)C1CC(c2ccccc2)NN1. The minimum absolute atomic E-state index is 0.0718. The van der Waals surface area contributed by atoms with Crippen LogP contribution in [0, 0.1) is 5.82 Å². The third-order valence-corrected chi connectivity index (χ3v) is 3.55. The van der Waals surface area contributed by atoms with Crippen molar-refractivity contribution in [2.75, 3.05) is 5.32 Å². The number of anilines is 1. The van der Waals surface area contributed by atoms with Crippen molar-refractivity contribution in [3.63, 3.8) is 0 Å². The van der Waals surface area contributed by atoms with E-state index in [-0.39, 0.29) is 17.6 Å². The van der Waals surface area contributed by atoms with E-state index in [0.29, 0.717) is 6.42 Å². The van der Waals surface area contributed by atoms with E-state index in [9.17, 15) is 9.18 Å². The molecule has 5 heteroatoms. The lowest BCUT2D eigenvalue weighted by Gasteiger charge is -2.11. The monoisotopic (exact) mass is 285 g/mol. The number of hydrogen-bond acceptors (Lipinski definition) is 3. The average molecular weight is 285 g/mol. The van der Waals surface area contributed by atoms with E-state index in [2.05, 4.69) is 16.2 Å². The van der Waals surface area contributed by atoms with Crippen LogP contribution in [0.3, 0.4) is 0 Å². The van der Waals surface area contributed by atoms with Crippen LogP contribution >= 0.6 is 0 Å². The molecule has 2 unspecified atom stereocenters. The number of carbonyl (C=O) groups excluding carboxylic acids is 1. The van der Waals surface area contributed by atoms with Gasteiger partial charge < -0.3 is 5.32 Å². The predicted molar refractivity (Wildman–Crippen MR) is 78.9 cm³/mol. The maximum Gasteiger partial charge on any atom is 0.243 e. The number of benzene rings is 2. The van der Waals surface area contributed by atoms with Gasteiger partial charge in [-0.05, 0) is 24.1 Å². The van der Waals surface area contributed by atoms with Crippen molar-refractivity contribution in [3.05, 3.63) is 66.0 Å². The van der Waals surface area contributed by atoms with Gasteiger partial charge in [0.25, 0.3) is 0 Å². The summed E-state index contributed by atoms with van der Waals surface area (Å²) in [5.74, 6) is -0.678. The number of halogens is 1. The van der Waals surface area contributed by atoms with Gasteiger partial charge in [0.05, 0.1) is 5.69 Å². The van der Waals surface area contributed by atoms with Crippen LogP contribution < -0.4 is 16.2 Å². The van der Waals surface area contributed by atoms with Crippen LogP contribution in [-0.2, 0) is 4.79 Å². The number of carbonyl (C=O) groups is 1. The molecule has 2 aromatic rings. The van der Waals surface area contributed by atoms with E-state index in [0.717, 1.165) is 5.56 Å². The molecule has 1 fully saturated rings. The van der Waals surface area contributed by atoms with E-state index >= 15 is 0 Å². The van der Waals surface area contributed by atoms with E-state index in [1.54, 1.807) is 18.2 Å². The summed E-state index contributed by atoms with van der Waals surface area (Å²) >= 11 is 0. The Labute approximate surface area is 122 Å². The summed E-state index contributed by atoms with van der Waals surface area (Å²) in [6.07, 6.45) is 0.615. The van der Waals surface area contributed by atoms with Crippen molar-refractivity contribution < 1.29 is 9.18 Å². The van der Waals surface area contributed by atoms with Crippen molar-refractivity contribution in [1.29, 1.82) is 0 Å². The molecule has 2 aromatic carbocycles. The van der Waals surface area contributed by atoms with Gasteiger partial charge in [-0.1, -0.05) is 42.5 Å². The summed E-state index contributed by atoms with van der Waals surface area (Å²) in [7, 11) is 0. The fourth-order valence-corrected chi connectivity index (χ4v) is 2.41. The van der Waals surface area contributed by atoms with Gasteiger partial charge in [-0.2, -0.15) is 0 Å². The van der Waals surface area contributed by atoms with Gasteiger partial charge in [0.15, 0.2) is 0 Å². The highest BCUT2D eigenvalue weighted by Gasteiger charge is 2.30. The van der Waals surface area contributed by atoms with Crippen molar-refractivity contribution in [2.45, 2.75) is 18.5 Å². The van der Waals surface area contributed by atoms with Crippen LogP contribution in [0.15, 0.2) is 54.6 Å². The molecule has 1 heterocycles. The van der Waals surface area contributed by atoms with Gasteiger partial charge in [-0.3, -0.25) is 4.79 Å². The number of amides is 1. The lowest BCUT2D eigenvalue weighted by molar-refractivity contribution is -0.117. The molecular weight excluding hydrogens is 269 g/mol. The van der Waals surface area contributed by atoms with E-state index in [4.69, 9.17) is 0 Å². The Bertz CT molecular complexity index is 632. The Kier molecular flexibility index (Phi) is 3.94. The van der Waals surface area contributed by atoms with Gasteiger partial charge in [-0.15, -0.1) is 0 Å². The summed E-state index contributed by atoms with van der Waals surface area (Å²) < 4.78 is 13.5. The van der Waals surface area contributed by atoms with Gasteiger partial charge in [0.2, 0.25) is 5.91 Å². The molecule has 0 aliphatic carbocycles. The van der Waals surface area contributed by atoms with Crippen LogP contribution in [0.25, 0.3) is 0 Å². The molecule has 0 aromatic heterocycles. The maximum absolute atomic E-state index is 13.5. The highest BCUT2D eigenvalue weighted by atomic mass is 19.1. The molecule has 1 aliphatic heterocycles. The first kappa shape index (κ1) is 13.7. The summed E-state index contributed by atoms with van der Waals surface area (Å²) in [5, 5.41) is 2.61. The predicted octanol–water partition coefficient (Wildman–Crippen LogP) is 2.37. The summed E-state index contributed by atoms with van der Waals surface area (Å²) in [4.78, 5) is 12.2. The summed E-state index contributed by atoms with van der Waals surface area (Å²) in [6, 6.07) is 15.7. The topological polar surface area (TPSA) is 53.2 Å². The highest BCUT2D eigenvalue weighted by Crippen LogP contribution is 2.23. The molecule has 108 valence electrons. The minimum Gasteiger partial charge on any atom is -0.322 e. The van der Waals surface area contributed by atoms with E-state index < -0.39 is 11.9 Å². The molecule has 0 radical (unpaired) electrons. The Hall–Kier alpha value is -2.24. The van der Waals surface area contributed by atoms with Crippen LogP contribution in [-0.4, -0.2) is 11.9 Å². The highest BCUT2D eigenvalue weighted by molar-refractivity contribution is 5.95. The fourth-order valence-electron chi connectivity index (χ4n) is 2.41. The first-order valence-corrected chi connectivity index (χ1v) is 6.85. The molecule has 4 nitrogen and oxygen atoms in total. The van der Waals surface area contributed by atoms with Crippen LogP contribution in [0.5, 0.6) is 0 Å². The number of nitrogens with one attached hydrogen (secondary N) is 3.